The molecule has 0 saturated carbocycles. The third-order valence-electron chi connectivity index (χ3n) is 2.30. The van der Waals surface area contributed by atoms with Crippen LogP contribution in [-0.4, -0.2) is 18.3 Å². The highest BCUT2D eigenvalue weighted by Crippen LogP contribution is 2.26. The molecule has 2 atom stereocenters. The second-order valence-corrected chi connectivity index (χ2v) is 5.72. The van der Waals surface area contributed by atoms with E-state index in [1.807, 2.05) is 18.8 Å². The van der Waals surface area contributed by atoms with Crippen LogP contribution in [0.1, 0.15) is 13.8 Å². The predicted molar refractivity (Wildman–Crippen MR) is 68.0 cm³/mol. The smallest absolute Gasteiger partial charge is 0.0217 e. The number of hydrogen-bond acceptors (Lipinski definition) is 2. The van der Waals surface area contributed by atoms with Crippen molar-refractivity contribution < 1.29 is 0 Å². The molecule has 0 radical (unpaired) electrons. The van der Waals surface area contributed by atoms with E-state index in [-0.39, 0.29) is 0 Å². The fourth-order valence-corrected chi connectivity index (χ4v) is 2.39. The van der Waals surface area contributed by atoms with Crippen LogP contribution in [0.5, 0.6) is 0 Å². The maximum Gasteiger partial charge on any atom is 0.0217 e. The van der Waals surface area contributed by atoms with E-state index in [2.05, 4.69) is 59.4 Å². The first-order chi connectivity index (χ1) is 6.63. The summed E-state index contributed by atoms with van der Waals surface area (Å²) in [6.45, 7) is 4.45. The van der Waals surface area contributed by atoms with Gasteiger partial charge in [0.05, 0.1) is 0 Å². The first-order valence-electron chi connectivity index (χ1n) is 4.73. The Balaban J connectivity index is 2.56. The van der Waals surface area contributed by atoms with Gasteiger partial charge >= 0.3 is 0 Å². The molecule has 1 nitrogen and oxygen atoms in total. The molecule has 0 aliphatic rings. The Labute approximate surface area is 98.8 Å². The summed E-state index contributed by atoms with van der Waals surface area (Å²) >= 11 is 5.33. The molecular weight excluding hydrogens is 258 g/mol. The van der Waals surface area contributed by atoms with Crippen LogP contribution in [-0.2, 0) is 0 Å². The van der Waals surface area contributed by atoms with Crippen molar-refractivity contribution in [1.82, 2.24) is 5.32 Å². The van der Waals surface area contributed by atoms with Crippen LogP contribution in [0.2, 0.25) is 0 Å². The standard InChI is InChI=1S/C11H16BrNS/c1-8(13-3)9(2)14-11-6-4-10(12)5-7-11/h4-9,13H,1-3H3. The Morgan fingerprint density at radius 2 is 1.79 bits per heavy atom. The molecular formula is C11H16BrNS. The van der Waals surface area contributed by atoms with Gasteiger partial charge in [0.25, 0.3) is 0 Å². The van der Waals surface area contributed by atoms with Gasteiger partial charge in [0, 0.05) is 20.7 Å². The van der Waals surface area contributed by atoms with Gasteiger partial charge in [-0.2, -0.15) is 0 Å². The summed E-state index contributed by atoms with van der Waals surface area (Å²) in [4.78, 5) is 1.32. The molecule has 78 valence electrons. The third-order valence-corrected chi connectivity index (χ3v) is 4.15. The summed E-state index contributed by atoms with van der Waals surface area (Å²) in [5, 5.41) is 3.85. The molecule has 0 aliphatic heterocycles. The molecule has 3 heteroatoms. The molecule has 2 unspecified atom stereocenters. The summed E-state index contributed by atoms with van der Waals surface area (Å²) in [6, 6.07) is 8.99. The topological polar surface area (TPSA) is 12.0 Å². The molecule has 0 amide bonds. The number of thioether (sulfide) groups is 1. The zero-order valence-electron chi connectivity index (χ0n) is 8.75. The Morgan fingerprint density at radius 3 is 2.29 bits per heavy atom. The van der Waals surface area contributed by atoms with E-state index in [9.17, 15) is 0 Å². The lowest BCUT2D eigenvalue weighted by atomic mass is 10.3. The Morgan fingerprint density at radius 1 is 1.21 bits per heavy atom. The number of rotatable bonds is 4. The number of halogens is 1. The highest BCUT2D eigenvalue weighted by molar-refractivity contribution is 9.10. The van der Waals surface area contributed by atoms with Gasteiger partial charge < -0.3 is 5.32 Å². The van der Waals surface area contributed by atoms with Crippen molar-refractivity contribution in [2.75, 3.05) is 7.05 Å². The van der Waals surface area contributed by atoms with Gasteiger partial charge in [0.15, 0.2) is 0 Å². The summed E-state index contributed by atoms with van der Waals surface area (Å²) in [7, 11) is 2.00. The fourth-order valence-electron chi connectivity index (χ4n) is 1.06. The van der Waals surface area contributed by atoms with Crippen molar-refractivity contribution in [3.8, 4) is 0 Å². The number of benzene rings is 1. The van der Waals surface area contributed by atoms with Crippen LogP contribution in [0.25, 0.3) is 0 Å². The van der Waals surface area contributed by atoms with Crippen molar-refractivity contribution >= 4 is 27.7 Å². The highest BCUT2D eigenvalue weighted by atomic mass is 79.9. The molecule has 1 aromatic rings. The maximum atomic E-state index is 3.43. The van der Waals surface area contributed by atoms with E-state index < -0.39 is 0 Å². The quantitative estimate of drug-likeness (QED) is 0.843. The monoisotopic (exact) mass is 273 g/mol. The third kappa shape index (κ3) is 3.64. The molecule has 0 bridgehead atoms. The average molecular weight is 274 g/mol. The Hall–Kier alpha value is 0.01000. The molecule has 0 heterocycles. The second kappa shape index (κ2) is 5.79. The van der Waals surface area contributed by atoms with Crippen LogP contribution in [0, 0.1) is 0 Å². The molecule has 1 N–H and O–H groups in total. The van der Waals surface area contributed by atoms with Crippen molar-refractivity contribution in [1.29, 1.82) is 0 Å². The zero-order chi connectivity index (χ0) is 10.6. The molecule has 0 aliphatic carbocycles. The second-order valence-electron chi connectivity index (χ2n) is 3.35. The van der Waals surface area contributed by atoms with Crippen LogP contribution in [0.4, 0.5) is 0 Å². The lowest BCUT2D eigenvalue weighted by molar-refractivity contribution is 0.605. The lowest BCUT2D eigenvalue weighted by Gasteiger charge is -2.18. The van der Waals surface area contributed by atoms with Crippen LogP contribution in [0.15, 0.2) is 33.6 Å². The summed E-state index contributed by atoms with van der Waals surface area (Å²) in [5.74, 6) is 0. The van der Waals surface area contributed by atoms with Gasteiger partial charge in [-0.25, -0.2) is 0 Å². The van der Waals surface area contributed by atoms with E-state index in [4.69, 9.17) is 0 Å². The number of nitrogens with one attached hydrogen (secondary N) is 1. The largest absolute Gasteiger partial charge is 0.316 e. The first kappa shape index (κ1) is 12.1. The summed E-state index contributed by atoms with van der Waals surface area (Å²) < 4.78 is 1.14. The van der Waals surface area contributed by atoms with Crippen molar-refractivity contribution in [3.63, 3.8) is 0 Å². The Kier molecular flexibility index (Phi) is 4.99. The van der Waals surface area contributed by atoms with Gasteiger partial charge in [0.2, 0.25) is 0 Å². The van der Waals surface area contributed by atoms with Gasteiger partial charge in [-0.15, -0.1) is 11.8 Å². The van der Waals surface area contributed by atoms with E-state index >= 15 is 0 Å². The van der Waals surface area contributed by atoms with E-state index in [1.54, 1.807) is 0 Å². The highest BCUT2D eigenvalue weighted by Gasteiger charge is 2.10. The minimum Gasteiger partial charge on any atom is -0.316 e. The zero-order valence-corrected chi connectivity index (χ0v) is 11.2. The summed E-state index contributed by atoms with van der Waals surface area (Å²) in [6.07, 6.45) is 0. The van der Waals surface area contributed by atoms with Crippen LogP contribution >= 0.6 is 27.7 Å². The SMILES string of the molecule is CNC(C)C(C)Sc1ccc(Br)cc1. The van der Waals surface area contributed by atoms with Gasteiger partial charge in [-0.05, 0) is 38.2 Å². The fraction of sp³-hybridized carbons (Fsp3) is 0.455. The van der Waals surface area contributed by atoms with E-state index in [0.717, 1.165) is 4.47 Å². The van der Waals surface area contributed by atoms with Crippen molar-refractivity contribution in [2.24, 2.45) is 0 Å². The minimum atomic E-state index is 0.531. The summed E-state index contributed by atoms with van der Waals surface area (Å²) in [5.41, 5.74) is 0. The molecule has 14 heavy (non-hydrogen) atoms. The van der Waals surface area contributed by atoms with Gasteiger partial charge in [-0.1, -0.05) is 22.9 Å². The Bertz CT molecular complexity index is 273. The minimum absolute atomic E-state index is 0.531. The average Bonchev–Trinajstić information content (AvgIpc) is 2.20. The maximum absolute atomic E-state index is 3.43. The van der Waals surface area contributed by atoms with Gasteiger partial charge in [0.1, 0.15) is 0 Å². The first-order valence-corrected chi connectivity index (χ1v) is 6.40. The number of hydrogen-bond donors (Lipinski definition) is 1. The van der Waals surface area contributed by atoms with Crippen molar-refractivity contribution in [3.05, 3.63) is 28.7 Å². The van der Waals surface area contributed by atoms with Crippen LogP contribution < -0.4 is 5.32 Å². The molecule has 1 rings (SSSR count). The molecule has 0 fully saturated rings. The van der Waals surface area contributed by atoms with Crippen molar-refractivity contribution in [2.45, 2.75) is 30.0 Å². The molecule has 0 aromatic heterocycles. The molecule has 0 spiro atoms. The van der Waals surface area contributed by atoms with Crippen LogP contribution in [0.3, 0.4) is 0 Å². The lowest BCUT2D eigenvalue weighted by Crippen LogP contribution is -2.30. The predicted octanol–water partition coefficient (Wildman–Crippen LogP) is 3.54. The van der Waals surface area contributed by atoms with E-state index in [1.165, 1.54) is 4.90 Å². The molecule has 0 saturated heterocycles. The van der Waals surface area contributed by atoms with Gasteiger partial charge in [-0.3, -0.25) is 0 Å². The van der Waals surface area contributed by atoms with E-state index in [0.29, 0.717) is 11.3 Å². The normalized spacial score (nSPS) is 15.1. The molecule has 1 aromatic carbocycles.